The second-order valence-electron chi connectivity index (χ2n) is 10.1. The van der Waals surface area contributed by atoms with Gasteiger partial charge in [0, 0.05) is 62.8 Å². The van der Waals surface area contributed by atoms with E-state index >= 15 is 0 Å². The Balaban J connectivity index is 1.28. The van der Waals surface area contributed by atoms with Gasteiger partial charge in [-0.05, 0) is 35.6 Å². The maximum atomic E-state index is 13.8. The number of methoxy groups -OCH3 is 1. The molecule has 37 heavy (non-hydrogen) atoms. The maximum absolute atomic E-state index is 13.8. The van der Waals surface area contributed by atoms with E-state index in [9.17, 15) is 9.59 Å². The predicted molar refractivity (Wildman–Crippen MR) is 140 cm³/mol. The summed E-state index contributed by atoms with van der Waals surface area (Å²) < 4.78 is 10.4. The number of aromatic nitrogens is 1. The third-order valence-corrected chi connectivity index (χ3v) is 7.78. The molecule has 0 bridgehead atoms. The minimum atomic E-state index is -0.753. The molecule has 1 aromatic heterocycles. The summed E-state index contributed by atoms with van der Waals surface area (Å²) in [6.45, 7) is 2.82. The van der Waals surface area contributed by atoms with Crippen molar-refractivity contribution in [3.05, 3.63) is 66.4 Å². The number of likely N-dealkylation sites (tertiary alicyclic amines) is 1. The Hall–Kier alpha value is -3.78. The van der Waals surface area contributed by atoms with Gasteiger partial charge in [0.2, 0.25) is 0 Å². The maximum Gasteiger partial charge on any atom is 0.409 e. The lowest BCUT2D eigenvalue weighted by molar-refractivity contribution is -0.134. The standard InChI is InChI=1S/C29H30N4O4/c1-36-28(35)32-14-10-20(18-32)19-33-26(31-29(27(33)34)11-15-37-16-12-29)23-7-4-21(5-8-23)24-9-6-22-3-2-13-30-25(22)17-24/h2-9,13,17,20H,10-12,14-16,18-19H2,1H3/t20-/m1/s1. The van der Waals surface area contributed by atoms with Crippen LogP contribution in [0.4, 0.5) is 4.79 Å². The van der Waals surface area contributed by atoms with Crippen LogP contribution in [0.3, 0.4) is 0 Å². The number of carbonyl (C=O) groups is 2. The number of benzene rings is 2. The van der Waals surface area contributed by atoms with E-state index in [4.69, 9.17) is 14.5 Å². The number of fused-ring (bicyclic) bond motifs is 1. The Labute approximate surface area is 215 Å². The van der Waals surface area contributed by atoms with Crippen molar-refractivity contribution in [1.82, 2.24) is 14.8 Å². The van der Waals surface area contributed by atoms with E-state index in [0.717, 1.165) is 39.8 Å². The second-order valence-corrected chi connectivity index (χ2v) is 10.1. The molecular weight excluding hydrogens is 468 g/mol. The first-order valence-corrected chi connectivity index (χ1v) is 12.8. The van der Waals surface area contributed by atoms with Gasteiger partial charge in [0.15, 0.2) is 0 Å². The average Bonchev–Trinajstić information content (AvgIpc) is 3.52. The van der Waals surface area contributed by atoms with Gasteiger partial charge in [-0.1, -0.05) is 42.5 Å². The molecule has 0 unspecified atom stereocenters. The van der Waals surface area contributed by atoms with Crippen molar-refractivity contribution in [2.45, 2.75) is 24.8 Å². The molecule has 1 spiro atoms. The number of aliphatic imine (C=N–C) groups is 1. The number of ether oxygens (including phenoxy) is 2. The van der Waals surface area contributed by atoms with Crippen LogP contribution in [0.15, 0.2) is 65.8 Å². The van der Waals surface area contributed by atoms with Gasteiger partial charge in [-0.2, -0.15) is 0 Å². The number of pyridine rings is 1. The van der Waals surface area contributed by atoms with Crippen molar-refractivity contribution < 1.29 is 19.1 Å². The highest BCUT2D eigenvalue weighted by molar-refractivity contribution is 6.15. The summed E-state index contributed by atoms with van der Waals surface area (Å²) in [5, 5.41) is 1.11. The summed E-state index contributed by atoms with van der Waals surface area (Å²) in [6, 6.07) is 18.5. The molecular formula is C29H30N4O4. The Morgan fingerprint density at radius 1 is 1.08 bits per heavy atom. The molecule has 2 aromatic carbocycles. The molecule has 1 atom stereocenters. The molecule has 2 saturated heterocycles. The molecule has 0 saturated carbocycles. The SMILES string of the molecule is COC(=O)N1CC[C@@H](CN2C(=O)C3(CCOCC3)N=C2c2ccc(-c3ccc4cccnc4c3)cc2)C1. The summed E-state index contributed by atoms with van der Waals surface area (Å²) in [5.41, 5.74) is 3.30. The predicted octanol–water partition coefficient (Wildman–Crippen LogP) is 4.13. The summed E-state index contributed by atoms with van der Waals surface area (Å²) in [7, 11) is 1.40. The zero-order valence-electron chi connectivity index (χ0n) is 20.9. The quantitative estimate of drug-likeness (QED) is 0.540. The van der Waals surface area contributed by atoms with Gasteiger partial charge in [0.05, 0.1) is 12.6 Å². The number of hydrogen-bond donors (Lipinski definition) is 0. The number of nitrogens with zero attached hydrogens (tertiary/aromatic N) is 4. The molecule has 190 valence electrons. The van der Waals surface area contributed by atoms with Crippen molar-refractivity contribution in [1.29, 1.82) is 0 Å². The van der Waals surface area contributed by atoms with Gasteiger partial charge in [-0.3, -0.25) is 19.7 Å². The Morgan fingerprint density at radius 2 is 1.84 bits per heavy atom. The van der Waals surface area contributed by atoms with Crippen molar-refractivity contribution in [2.24, 2.45) is 10.9 Å². The highest BCUT2D eigenvalue weighted by Crippen LogP contribution is 2.36. The zero-order valence-corrected chi connectivity index (χ0v) is 20.9. The lowest BCUT2D eigenvalue weighted by atomic mass is 9.90. The van der Waals surface area contributed by atoms with Crippen LogP contribution in [0.25, 0.3) is 22.0 Å². The number of rotatable bonds is 4. The molecule has 3 aromatic rings. The van der Waals surface area contributed by atoms with Gasteiger partial charge in [0.25, 0.3) is 5.91 Å². The summed E-state index contributed by atoms with van der Waals surface area (Å²) >= 11 is 0. The lowest BCUT2D eigenvalue weighted by Crippen LogP contribution is -2.47. The van der Waals surface area contributed by atoms with Gasteiger partial charge >= 0.3 is 6.09 Å². The van der Waals surface area contributed by atoms with Crippen LogP contribution in [0.5, 0.6) is 0 Å². The van der Waals surface area contributed by atoms with Crippen LogP contribution in [-0.4, -0.2) is 78.1 Å². The number of amides is 2. The lowest BCUT2D eigenvalue weighted by Gasteiger charge is -2.30. The molecule has 2 fully saturated rings. The number of hydrogen-bond acceptors (Lipinski definition) is 6. The van der Waals surface area contributed by atoms with Gasteiger partial charge in [-0.15, -0.1) is 0 Å². The summed E-state index contributed by atoms with van der Waals surface area (Å²) in [5.74, 6) is 0.940. The van der Waals surface area contributed by atoms with Crippen molar-refractivity contribution in [3.8, 4) is 11.1 Å². The first-order valence-electron chi connectivity index (χ1n) is 12.8. The molecule has 4 heterocycles. The Morgan fingerprint density at radius 3 is 2.62 bits per heavy atom. The Kier molecular flexibility index (Phi) is 6.12. The Bertz CT molecular complexity index is 1360. The van der Waals surface area contributed by atoms with E-state index in [-0.39, 0.29) is 17.9 Å². The van der Waals surface area contributed by atoms with E-state index in [1.54, 1.807) is 11.1 Å². The normalized spacial score (nSPS) is 21.1. The van der Waals surface area contributed by atoms with Gasteiger partial charge in [0.1, 0.15) is 11.4 Å². The molecule has 3 aliphatic heterocycles. The van der Waals surface area contributed by atoms with Crippen LogP contribution in [0.1, 0.15) is 24.8 Å². The first kappa shape index (κ1) is 23.6. The fourth-order valence-electron chi connectivity index (χ4n) is 5.68. The smallest absolute Gasteiger partial charge is 0.409 e. The number of amidine groups is 1. The molecule has 8 nitrogen and oxygen atoms in total. The van der Waals surface area contributed by atoms with Gasteiger partial charge < -0.3 is 14.4 Å². The summed E-state index contributed by atoms with van der Waals surface area (Å²) in [4.78, 5) is 38.9. The third-order valence-electron chi connectivity index (χ3n) is 7.78. The van der Waals surface area contributed by atoms with E-state index in [2.05, 4.69) is 41.4 Å². The molecule has 2 amide bonds. The highest BCUT2D eigenvalue weighted by Gasteiger charge is 2.50. The van der Waals surface area contributed by atoms with E-state index in [1.165, 1.54) is 7.11 Å². The fraction of sp³-hybridized carbons (Fsp3) is 0.379. The van der Waals surface area contributed by atoms with Crippen molar-refractivity contribution >= 4 is 28.7 Å². The van der Waals surface area contributed by atoms with E-state index in [0.29, 0.717) is 45.7 Å². The van der Waals surface area contributed by atoms with Crippen LogP contribution >= 0.6 is 0 Å². The van der Waals surface area contributed by atoms with E-state index < -0.39 is 5.54 Å². The highest BCUT2D eigenvalue weighted by atomic mass is 16.5. The monoisotopic (exact) mass is 498 g/mol. The molecule has 0 N–H and O–H groups in total. The molecule has 0 aliphatic carbocycles. The van der Waals surface area contributed by atoms with Crippen LogP contribution in [0.2, 0.25) is 0 Å². The molecule has 8 heteroatoms. The third kappa shape index (κ3) is 4.35. The topological polar surface area (TPSA) is 84.3 Å². The molecule has 0 radical (unpaired) electrons. The van der Waals surface area contributed by atoms with Crippen LogP contribution < -0.4 is 0 Å². The first-order chi connectivity index (χ1) is 18.1. The second kappa shape index (κ2) is 9.59. The molecule has 6 rings (SSSR count). The van der Waals surface area contributed by atoms with Crippen LogP contribution in [0, 0.1) is 5.92 Å². The largest absolute Gasteiger partial charge is 0.453 e. The van der Waals surface area contributed by atoms with Crippen molar-refractivity contribution in [2.75, 3.05) is 40.0 Å². The van der Waals surface area contributed by atoms with E-state index in [1.807, 2.05) is 23.1 Å². The zero-order chi connectivity index (χ0) is 25.4. The van der Waals surface area contributed by atoms with Gasteiger partial charge in [-0.25, -0.2) is 4.79 Å². The minimum absolute atomic E-state index is 0.0481. The molecule has 3 aliphatic rings. The van der Waals surface area contributed by atoms with Crippen molar-refractivity contribution in [3.63, 3.8) is 0 Å². The average molecular weight is 499 g/mol. The minimum Gasteiger partial charge on any atom is -0.453 e. The van der Waals surface area contributed by atoms with Crippen LogP contribution in [-0.2, 0) is 14.3 Å². The summed E-state index contributed by atoms with van der Waals surface area (Å²) in [6.07, 6.45) is 3.50. The fourth-order valence-corrected chi connectivity index (χ4v) is 5.68. The number of carbonyl (C=O) groups excluding carboxylic acids is 2.